The first-order chi connectivity index (χ1) is 8.39. The third-order valence-corrected chi connectivity index (χ3v) is 4.08. The second-order valence-corrected chi connectivity index (χ2v) is 5.12. The molecule has 0 atom stereocenters. The van der Waals surface area contributed by atoms with Crippen LogP contribution in [0.15, 0.2) is 0 Å². The number of aromatic nitrogens is 2. The van der Waals surface area contributed by atoms with Crippen molar-refractivity contribution in [1.29, 1.82) is 0 Å². The van der Waals surface area contributed by atoms with Crippen LogP contribution in [0.25, 0.3) is 4.96 Å². The Morgan fingerprint density at radius 1 is 1.39 bits per heavy atom. The molecule has 2 aromatic heterocycles. The summed E-state index contributed by atoms with van der Waals surface area (Å²) < 4.78 is 39.4. The minimum Gasteiger partial charge on any atom is -0.476 e. The summed E-state index contributed by atoms with van der Waals surface area (Å²) in [5.74, 6) is -1.60. The number of aryl methyl sites for hydroxylation is 2. The number of hydrogen-bond donors (Lipinski definition) is 1. The fraction of sp³-hybridized carbons (Fsp3) is 0.400. The molecular weight excluding hydrogens is 269 g/mol. The largest absolute Gasteiger partial charge is 0.476 e. The van der Waals surface area contributed by atoms with Gasteiger partial charge in [0.25, 0.3) is 0 Å². The lowest BCUT2D eigenvalue weighted by Gasteiger charge is -2.04. The van der Waals surface area contributed by atoms with E-state index in [0.717, 1.165) is 33.5 Å². The van der Waals surface area contributed by atoms with Crippen molar-refractivity contribution in [3.05, 3.63) is 22.0 Å². The molecular formula is C10H7F3N2O2S. The smallest absolute Gasteiger partial charge is 0.435 e. The number of hydrogen-bond acceptors (Lipinski definition) is 3. The fourth-order valence-electron chi connectivity index (χ4n) is 2.27. The Hall–Kier alpha value is -1.57. The third-order valence-electron chi connectivity index (χ3n) is 2.94. The van der Waals surface area contributed by atoms with Crippen LogP contribution in [0.3, 0.4) is 0 Å². The summed E-state index contributed by atoms with van der Waals surface area (Å²) in [6, 6.07) is 0. The first-order valence-electron chi connectivity index (χ1n) is 5.23. The first kappa shape index (κ1) is 11.5. The SMILES string of the molecule is O=C(O)c1c(C(F)(F)F)nc2sc3c(n12)CCC3. The molecule has 18 heavy (non-hydrogen) atoms. The van der Waals surface area contributed by atoms with E-state index in [9.17, 15) is 18.0 Å². The molecule has 0 radical (unpaired) electrons. The maximum atomic E-state index is 12.7. The van der Waals surface area contributed by atoms with Gasteiger partial charge in [0.2, 0.25) is 0 Å². The van der Waals surface area contributed by atoms with Gasteiger partial charge in [-0.2, -0.15) is 13.2 Å². The van der Waals surface area contributed by atoms with Gasteiger partial charge in [0.15, 0.2) is 16.3 Å². The van der Waals surface area contributed by atoms with E-state index < -0.39 is 23.5 Å². The number of fused-ring (bicyclic) bond motifs is 3. The molecule has 0 spiro atoms. The summed E-state index contributed by atoms with van der Waals surface area (Å²) in [5, 5.41) is 9.01. The van der Waals surface area contributed by atoms with E-state index in [2.05, 4.69) is 4.98 Å². The highest BCUT2D eigenvalue weighted by molar-refractivity contribution is 7.17. The molecule has 96 valence electrons. The molecule has 1 N–H and O–H groups in total. The zero-order chi connectivity index (χ0) is 13.1. The lowest BCUT2D eigenvalue weighted by atomic mass is 10.3. The van der Waals surface area contributed by atoms with Gasteiger partial charge in [0.1, 0.15) is 0 Å². The topological polar surface area (TPSA) is 54.6 Å². The molecule has 0 aromatic carbocycles. The van der Waals surface area contributed by atoms with E-state index in [4.69, 9.17) is 5.11 Å². The van der Waals surface area contributed by atoms with Crippen LogP contribution >= 0.6 is 11.3 Å². The molecule has 1 aliphatic carbocycles. The van der Waals surface area contributed by atoms with Crippen LogP contribution in [0, 0.1) is 0 Å². The molecule has 0 saturated heterocycles. The Morgan fingerprint density at radius 3 is 2.72 bits per heavy atom. The molecule has 2 heterocycles. The number of rotatable bonds is 1. The Kier molecular flexibility index (Phi) is 2.22. The number of halogens is 3. The van der Waals surface area contributed by atoms with Crippen LogP contribution in [-0.2, 0) is 19.0 Å². The van der Waals surface area contributed by atoms with Crippen molar-refractivity contribution in [3.8, 4) is 0 Å². The molecule has 0 fully saturated rings. The van der Waals surface area contributed by atoms with E-state index in [1.807, 2.05) is 0 Å². The first-order valence-corrected chi connectivity index (χ1v) is 6.04. The average molecular weight is 276 g/mol. The second kappa shape index (κ2) is 3.47. The highest BCUT2D eigenvalue weighted by atomic mass is 32.1. The Balaban J connectivity index is 2.37. The molecule has 0 saturated carbocycles. The summed E-state index contributed by atoms with van der Waals surface area (Å²) in [4.78, 5) is 15.6. The molecule has 0 unspecified atom stereocenters. The van der Waals surface area contributed by atoms with Crippen molar-refractivity contribution in [3.63, 3.8) is 0 Å². The van der Waals surface area contributed by atoms with E-state index in [0.29, 0.717) is 12.1 Å². The number of carbonyl (C=O) groups is 1. The van der Waals surface area contributed by atoms with Gasteiger partial charge in [-0.05, 0) is 19.3 Å². The quantitative estimate of drug-likeness (QED) is 0.871. The van der Waals surface area contributed by atoms with E-state index >= 15 is 0 Å². The second-order valence-electron chi connectivity index (χ2n) is 4.06. The van der Waals surface area contributed by atoms with Crippen LogP contribution in [0.4, 0.5) is 13.2 Å². The van der Waals surface area contributed by atoms with E-state index in [1.165, 1.54) is 0 Å². The predicted molar refractivity (Wildman–Crippen MR) is 57.1 cm³/mol. The maximum absolute atomic E-state index is 12.7. The third kappa shape index (κ3) is 1.45. The zero-order valence-corrected chi connectivity index (χ0v) is 9.73. The summed E-state index contributed by atoms with van der Waals surface area (Å²) in [5.41, 5.74) is -1.41. The summed E-state index contributed by atoms with van der Waals surface area (Å²) in [6.45, 7) is 0. The molecule has 0 amide bonds. The monoisotopic (exact) mass is 276 g/mol. The number of thiazole rings is 1. The van der Waals surface area contributed by atoms with Crippen molar-refractivity contribution in [1.82, 2.24) is 9.38 Å². The normalized spacial score (nSPS) is 15.3. The van der Waals surface area contributed by atoms with Crippen molar-refractivity contribution in [2.24, 2.45) is 0 Å². The van der Waals surface area contributed by atoms with E-state index in [-0.39, 0.29) is 4.96 Å². The maximum Gasteiger partial charge on any atom is 0.435 e. The predicted octanol–water partition coefficient (Wildman–Crippen LogP) is 2.60. The number of nitrogens with zero attached hydrogens (tertiary/aromatic N) is 2. The standard InChI is InChI=1S/C10H7F3N2O2S/c11-10(12,13)7-6(8(16)17)15-4-2-1-3-5(4)18-9(15)14-7/h1-3H2,(H,16,17). The average Bonchev–Trinajstić information content (AvgIpc) is 2.82. The Morgan fingerprint density at radius 2 is 2.11 bits per heavy atom. The van der Waals surface area contributed by atoms with Gasteiger partial charge in [-0.1, -0.05) is 0 Å². The highest BCUT2D eigenvalue weighted by Gasteiger charge is 2.41. The Labute approximate surface area is 103 Å². The number of aromatic carboxylic acids is 1. The molecule has 0 aliphatic heterocycles. The van der Waals surface area contributed by atoms with Gasteiger partial charge in [-0.15, -0.1) is 11.3 Å². The number of alkyl halides is 3. The lowest BCUT2D eigenvalue weighted by molar-refractivity contribution is -0.141. The van der Waals surface area contributed by atoms with Gasteiger partial charge in [-0.25, -0.2) is 9.78 Å². The van der Waals surface area contributed by atoms with Crippen molar-refractivity contribution < 1.29 is 23.1 Å². The van der Waals surface area contributed by atoms with Gasteiger partial charge in [0, 0.05) is 10.6 Å². The molecule has 8 heteroatoms. The van der Waals surface area contributed by atoms with Crippen molar-refractivity contribution in [2.75, 3.05) is 0 Å². The number of carboxylic acid groups (broad SMARTS) is 1. The molecule has 4 nitrogen and oxygen atoms in total. The van der Waals surface area contributed by atoms with Gasteiger partial charge in [0.05, 0.1) is 0 Å². The number of carboxylic acids is 1. The molecule has 1 aliphatic rings. The summed E-state index contributed by atoms with van der Waals surface area (Å²) >= 11 is 1.14. The fourth-order valence-corrected chi connectivity index (χ4v) is 3.48. The highest BCUT2D eigenvalue weighted by Crippen LogP contribution is 2.37. The van der Waals surface area contributed by atoms with Crippen LogP contribution in [0.2, 0.25) is 0 Å². The van der Waals surface area contributed by atoms with Crippen molar-refractivity contribution >= 4 is 22.3 Å². The lowest BCUT2D eigenvalue weighted by Crippen LogP contribution is -2.14. The minimum atomic E-state index is -4.75. The zero-order valence-electron chi connectivity index (χ0n) is 8.91. The molecule has 2 aromatic rings. The summed E-state index contributed by atoms with van der Waals surface area (Å²) in [7, 11) is 0. The summed E-state index contributed by atoms with van der Waals surface area (Å²) in [6.07, 6.45) is -2.52. The van der Waals surface area contributed by atoms with Gasteiger partial charge >= 0.3 is 12.1 Å². The minimum absolute atomic E-state index is 0.115. The van der Waals surface area contributed by atoms with Crippen LogP contribution in [-0.4, -0.2) is 20.5 Å². The number of imidazole rings is 1. The molecule has 0 bridgehead atoms. The Bertz CT molecular complexity index is 656. The van der Waals surface area contributed by atoms with Gasteiger partial charge in [-0.3, -0.25) is 4.40 Å². The van der Waals surface area contributed by atoms with Gasteiger partial charge < -0.3 is 5.11 Å². The van der Waals surface area contributed by atoms with Crippen LogP contribution < -0.4 is 0 Å². The van der Waals surface area contributed by atoms with Crippen LogP contribution in [0.5, 0.6) is 0 Å². The van der Waals surface area contributed by atoms with E-state index in [1.54, 1.807) is 0 Å². The van der Waals surface area contributed by atoms with Crippen LogP contribution in [0.1, 0.15) is 33.2 Å². The van der Waals surface area contributed by atoms with Crippen molar-refractivity contribution in [2.45, 2.75) is 25.4 Å². The molecule has 3 rings (SSSR count).